The van der Waals surface area contributed by atoms with Gasteiger partial charge in [0.05, 0.1) is 19.8 Å². The maximum Gasteiger partial charge on any atom is 0.406 e. The molecule has 0 saturated carbocycles. The van der Waals surface area contributed by atoms with Crippen LogP contribution in [0.2, 0.25) is 0 Å². The van der Waals surface area contributed by atoms with E-state index in [9.17, 15) is 14.8 Å². The van der Waals surface area contributed by atoms with Gasteiger partial charge < -0.3 is 19.4 Å². The highest BCUT2D eigenvalue weighted by molar-refractivity contribution is 5.90. The third-order valence-electron chi connectivity index (χ3n) is 3.86. The highest BCUT2D eigenvalue weighted by Gasteiger charge is 2.27. The summed E-state index contributed by atoms with van der Waals surface area (Å²) in [5.41, 5.74) is 0.527. The molecule has 0 atom stereocenters. The Morgan fingerprint density at radius 3 is 2.59 bits per heavy atom. The molecule has 0 aliphatic heterocycles. The van der Waals surface area contributed by atoms with Crippen LogP contribution in [0.25, 0.3) is 11.0 Å². The second kappa shape index (κ2) is 7.69. The number of hydrogen-bond acceptors (Lipinski definition) is 7. The summed E-state index contributed by atoms with van der Waals surface area (Å²) in [6.45, 7) is -0.368. The van der Waals surface area contributed by atoms with Gasteiger partial charge in [-0.3, -0.25) is 0 Å². The molecule has 0 unspecified atom stereocenters. The van der Waals surface area contributed by atoms with E-state index in [2.05, 4.69) is 9.72 Å². The molecule has 2 aromatic carbocycles. The van der Waals surface area contributed by atoms with E-state index in [0.29, 0.717) is 16.0 Å². The van der Waals surface area contributed by atoms with Crippen molar-refractivity contribution >= 4 is 23.0 Å². The van der Waals surface area contributed by atoms with Crippen molar-refractivity contribution in [2.45, 2.75) is 6.61 Å². The van der Waals surface area contributed by atoms with E-state index in [4.69, 9.17) is 9.47 Å². The van der Waals surface area contributed by atoms with E-state index in [1.807, 2.05) is 0 Å². The Hall–Kier alpha value is -3.68. The normalized spacial score (nSPS) is 10.4. The van der Waals surface area contributed by atoms with E-state index >= 15 is 0 Å². The smallest absolute Gasteiger partial charge is 0.406 e. The fourth-order valence-corrected chi connectivity index (χ4v) is 2.53. The number of carbonyl (C=O) groups is 2. The fourth-order valence-electron chi connectivity index (χ4n) is 2.53. The maximum atomic E-state index is 12.6. The molecular formula is C19H16N2O6. The molecule has 138 valence electrons. The summed E-state index contributed by atoms with van der Waals surface area (Å²) in [6.07, 6.45) is 0. The van der Waals surface area contributed by atoms with E-state index in [1.165, 1.54) is 19.2 Å². The van der Waals surface area contributed by atoms with Crippen LogP contribution < -0.4 is 9.47 Å². The van der Waals surface area contributed by atoms with Crippen molar-refractivity contribution in [2.75, 3.05) is 14.2 Å². The van der Waals surface area contributed by atoms with Gasteiger partial charge in [0.1, 0.15) is 17.9 Å². The zero-order valence-corrected chi connectivity index (χ0v) is 14.7. The lowest BCUT2D eigenvalue weighted by molar-refractivity contribution is -0.581. The van der Waals surface area contributed by atoms with Crippen molar-refractivity contribution in [3.8, 4) is 5.75 Å². The van der Waals surface area contributed by atoms with Crippen LogP contribution in [-0.4, -0.2) is 31.1 Å². The van der Waals surface area contributed by atoms with Gasteiger partial charge in [0.15, 0.2) is 5.69 Å². The van der Waals surface area contributed by atoms with Gasteiger partial charge in [-0.15, -0.1) is 0 Å². The molecule has 3 rings (SSSR count). The first kappa shape index (κ1) is 18.1. The largest absolute Gasteiger partial charge is 0.618 e. The molecule has 0 fully saturated rings. The van der Waals surface area contributed by atoms with Crippen molar-refractivity contribution in [3.63, 3.8) is 0 Å². The van der Waals surface area contributed by atoms with Gasteiger partial charge in [-0.05, 0) is 24.3 Å². The highest BCUT2D eigenvalue weighted by Crippen LogP contribution is 2.16. The van der Waals surface area contributed by atoms with Gasteiger partial charge in [0.2, 0.25) is 5.52 Å². The lowest BCUT2D eigenvalue weighted by atomic mass is 10.2. The topological polar surface area (TPSA) is 102 Å². The molecule has 8 nitrogen and oxygen atoms in total. The first-order valence-electron chi connectivity index (χ1n) is 7.96. The van der Waals surface area contributed by atoms with Crippen LogP contribution >= 0.6 is 0 Å². The summed E-state index contributed by atoms with van der Waals surface area (Å²) < 4.78 is 15.4. The summed E-state index contributed by atoms with van der Waals surface area (Å²) >= 11 is 0. The molecule has 1 heterocycles. The Morgan fingerprint density at radius 2 is 1.85 bits per heavy atom. The van der Waals surface area contributed by atoms with Gasteiger partial charge in [0.25, 0.3) is 0 Å². The minimum atomic E-state index is -0.865. The maximum absolute atomic E-state index is 12.6. The lowest BCUT2D eigenvalue weighted by Gasteiger charge is -2.11. The van der Waals surface area contributed by atoms with E-state index in [0.717, 1.165) is 7.11 Å². The molecule has 3 aromatic rings. The number of methoxy groups -OCH3 is 2. The molecule has 0 bridgehead atoms. The molecule has 0 N–H and O–H groups in total. The van der Waals surface area contributed by atoms with Crippen LogP contribution in [0, 0.1) is 5.21 Å². The van der Waals surface area contributed by atoms with Gasteiger partial charge in [0, 0.05) is 6.07 Å². The van der Waals surface area contributed by atoms with Crippen molar-refractivity contribution < 1.29 is 28.5 Å². The quantitative estimate of drug-likeness (QED) is 0.386. The minimum Gasteiger partial charge on any atom is -0.618 e. The first-order chi connectivity index (χ1) is 13.0. The van der Waals surface area contributed by atoms with Crippen LogP contribution in [0.1, 0.15) is 26.5 Å². The van der Waals surface area contributed by atoms with Crippen molar-refractivity contribution in [1.29, 1.82) is 0 Å². The van der Waals surface area contributed by atoms with Gasteiger partial charge in [-0.1, -0.05) is 18.2 Å². The number of aromatic nitrogens is 2. The predicted octanol–water partition coefficient (Wildman–Crippen LogP) is 2.02. The average Bonchev–Trinajstić information content (AvgIpc) is 2.71. The van der Waals surface area contributed by atoms with Crippen LogP contribution in [0.5, 0.6) is 5.75 Å². The number of esters is 2. The van der Waals surface area contributed by atoms with E-state index in [-0.39, 0.29) is 29.1 Å². The highest BCUT2D eigenvalue weighted by atomic mass is 16.5. The third-order valence-corrected chi connectivity index (χ3v) is 3.86. The summed E-state index contributed by atoms with van der Waals surface area (Å²) in [5.74, 6) is -1.01. The van der Waals surface area contributed by atoms with Crippen molar-refractivity contribution in [3.05, 3.63) is 70.7 Å². The first-order valence-corrected chi connectivity index (χ1v) is 7.96. The summed E-state index contributed by atoms with van der Waals surface area (Å²) in [4.78, 5) is 28.6. The molecular weight excluding hydrogens is 352 g/mol. The molecule has 1 aromatic heterocycles. The lowest BCUT2D eigenvalue weighted by Crippen LogP contribution is -2.38. The third kappa shape index (κ3) is 3.64. The Balaban J connectivity index is 1.93. The zero-order chi connectivity index (χ0) is 19.4. The summed E-state index contributed by atoms with van der Waals surface area (Å²) in [7, 11) is 2.64. The van der Waals surface area contributed by atoms with E-state index < -0.39 is 11.9 Å². The summed E-state index contributed by atoms with van der Waals surface area (Å²) in [5, 5.41) is 12.6. The van der Waals surface area contributed by atoms with Crippen LogP contribution in [-0.2, 0) is 16.1 Å². The SMILES string of the molecule is COC(=O)c1c(COC(=O)c2cccc(OC)c2)nc2ccccc2[n+]1[O-]. The minimum absolute atomic E-state index is 0.00629. The zero-order valence-electron chi connectivity index (χ0n) is 14.7. The Kier molecular flexibility index (Phi) is 5.16. The van der Waals surface area contributed by atoms with Crippen molar-refractivity contribution in [1.82, 2.24) is 4.98 Å². The molecule has 0 saturated heterocycles. The van der Waals surface area contributed by atoms with Crippen molar-refractivity contribution in [2.24, 2.45) is 0 Å². The second-order valence-corrected chi connectivity index (χ2v) is 5.49. The van der Waals surface area contributed by atoms with Gasteiger partial charge in [-0.25, -0.2) is 14.6 Å². The summed E-state index contributed by atoms with van der Waals surface area (Å²) in [6, 6.07) is 12.9. The molecule has 0 aliphatic rings. The Bertz CT molecular complexity index is 1020. The fraction of sp³-hybridized carbons (Fsp3) is 0.158. The number of fused-ring (bicyclic) bond motifs is 1. The standard InChI is InChI=1S/C19H16N2O6/c1-25-13-7-5-6-12(10-13)18(22)27-11-15-17(19(23)26-2)21(24)16-9-4-3-8-14(16)20-15/h3-10H,11H2,1-2H3. The number of ether oxygens (including phenoxy) is 3. The number of rotatable bonds is 5. The van der Waals surface area contributed by atoms with Crippen LogP contribution in [0.15, 0.2) is 48.5 Å². The van der Waals surface area contributed by atoms with Gasteiger partial charge >= 0.3 is 17.6 Å². The molecule has 8 heteroatoms. The van der Waals surface area contributed by atoms with Crippen LogP contribution in [0.3, 0.4) is 0 Å². The Morgan fingerprint density at radius 1 is 1.07 bits per heavy atom. The average molecular weight is 368 g/mol. The van der Waals surface area contributed by atoms with Gasteiger partial charge in [-0.2, -0.15) is 4.73 Å². The molecule has 0 amide bonds. The molecule has 0 aliphatic carbocycles. The monoisotopic (exact) mass is 368 g/mol. The second-order valence-electron chi connectivity index (χ2n) is 5.49. The predicted molar refractivity (Wildman–Crippen MR) is 94.2 cm³/mol. The molecule has 27 heavy (non-hydrogen) atoms. The number of hydrogen-bond donors (Lipinski definition) is 0. The number of carbonyl (C=O) groups excluding carboxylic acids is 2. The number of para-hydroxylation sites is 2. The molecule has 0 radical (unpaired) electrons. The van der Waals surface area contributed by atoms with E-state index in [1.54, 1.807) is 36.4 Å². The number of benzene rings is 2. The number of nitrogens with zero attached hydrogens (tertiary/aromatic N) is 2. The Labute approximate surface area is 154 Å². The van der Waals surface area contributed by atoms with Crippen LogP contribution in [0.4, 0.5) is 0 Å². The molecule has 0 spiro atoms.